The van der Waals surface area contributed by atoms with Crippen molar-refractivity contribution in [2.24, 2.45) is 5.92 Å². The van der Waals surface area contributed by atoms with Crippen molar-refractivity contribution in [3.8, 4) is 0 Å². The third kappa shape index (κ3) is 4.73. The van der Waals surface area contributed by atoms with Gasteiger partial charge >= 0.3 is 0 Å². The normalized spacial score (nSPS) is 12.5. The molecule has 1 unspecified atom stereocenters. The van der Waals surface area contributed by atoms with Crippen LogP contribution in [0.4, 0.5) is 4.39 Å². The van der Waals surface area contributed by atoms with Crippen LogP contribution in [0.15, 0.2) is 48.7 Å². The summed E-state index contributed by atoms with van der Waals surface area (Å²) in [6.45, 7) is 6.86. The van der Waals surface area contributed by atoms with E-state index >= 15 is 0 Å². The molecule has 0 spiro atoms. The Labute approximate surface area is 159 Å². The summed E-state index contributed by atoms with van der Waals surface area (Å²) >= 11 is 0. The van der Waals surface area contributed by atoms with Crippen molar-refractivity contribution in [3.63, 3.8) is 0 Å². The van der Waals surface area contributed by atoms with Gasteiger partial charge in [0.25, 0.3) is 5.91 Å². The van der Waals surface area contributed by atoms with Crippen LogP contribution in [-0.2, 0) is 6.54 Å². The van der Waals surface area contributed by atoms with Gasteiger partial charge in [-0.25, -0.2) is 4.39 Å². The minimum atomic E-state index is -0.264. The minimum Gasteiger partial charge on any atom is -0.349 e. The highest BCUT2D eigenvalue weighted by atomic mass is 19.1. The maximum atomic E-state index is 13.4. The number of carbonyl (C=O) groups excluding carboxylic acids is 1. The number of halogens is 1. The van der Waals surface area contributed by atoms with Gasteiger partial charge in [0.2, 0.25) is 0 Å². The molecule has 3 rings (SSSR count). The molecule has 4 nitrogen and oxygen atoms in total. The summed E-state index contributed by atoms with van der Waals surface area (Å²) in [4.78, 5) is 12.7. The van der Waals surface area contributed by atoms with Crippen molar-refractivity contribution < 1.29 is 9.18 Å². The highest BCUT2D eigenvalue weighted by Crippen LogP contribution is 2.18. The summed E-state index contributed by atoms with van der Waals surface area (Å²) in [7, 11) is 0. The summed E-state index contributed by atoms with van der Waals surface area (Å²) in [6.07, 6.45) is 3.63. The number of rotatable bonds is 7. The van der Waals surface area contributed by atoms with E-state index in [1.807, 2.05) is 24.3 Å². The molecule has 0 aliphatic heterocycles. The molecular weight excluding hydrogens is 341 g/mol. The number of amides is 1. The zero-order chi connectivity index (χ0) is 19.4. The van der Waals surface area contributed by atoms with Gasteiger partial charge in [-0.3, -0.25) is 9.48 Å². The molecule has 0 fully saturated rings. The van der Waals surface area contributed by atoms with Crippen LogP contribution in [-0.4, -0.2) is 21.7 Å². The fourth-order valence-corrected chi connectivity index (χ4v) is 3.31. The number of benzene rings is 2. The molecule has 0 aliphatic carbocycles. The number of carbonyl (C=O) groups is 1. The SMILES string of the molecule is CCC(CC(C)C)NC(=O)c1ccc2cnn(Cc3cccc(F)c3)c2c1. The topological polar surface area (TPSA) is 46.9 Å². The predicted molar refractivity (Wildman–Crippen MR) is 106 cm³/mol. The van der Waals surface area contributed by atoms with Gasteiger partial charge in [-0.15, -0.1) is 0 Å². The van der Waals surface area contributed by atoms with Crippen molar-refractivity contribution in [3.05, 3.63) is 65.6 Å². The van der Waals surface area contributed by atoms with Gasteiger partial charge in [0.15, 0.2) is 0 Å². The van der Waals surface area contributed by atoms with Gasteiger partial charge in [-0.1, -0.05) is 39.0 Å². The van der Waals surface area contributed by atoms with Crippen LogP contribution in [0.3, 0.4) is 0 Å². The molecule has 3 aromatic rings. The monoisotopic (exact) mass is 367 g/mol. The summed E-state index contributed by atoms with van der Waals surface area (Å²) in [5.74, 6) is 0.202. The van der Waals surface area contributed by atoms with E-state index < -0.39 is 0 Å². The van der Waals surface area contributed by atoms with Crippen LogP contribution in [0.1, 0.15) is 49.5 Å². The van der Waals surface area contributed by atoms with Crippen molar-refractivity contribution in [2.75, 3.05) is 0 Å². The third-order valence-electron chi connectivity index (χ3n) is 4.71. The summed E-state index contributed by atoms with van der Waals surface area (Å²) in [5, 5.41) is 8.49. The molecule has 2 aromatic carbocycles. The Balaban J connectivity index is 1.82. The Kier molecular flexibility index (Phi) is 5.89. The van der Waals surface area contributed by atoms with Crippen LogP contribution in [0.5, 0.6) is 0 Å². The highest BCUT2D eigenvalue weighted by Gasteiger charge is 2.15. The zero-order valence-corrected chi connectivity index (χ0v) is 16.1. The Morgan fingerprint density at radius 1 is 1.22 bits per heavy atom. The van der Waals surface area contributed by atoms with Gasteiger partial charge < -0.3 is 5.32 Å². The number of fused-ring (bicyclic) bond motifs is 1. The molecule has 1 heterocycles. The largest absolute Gasteiger partial charge is 0.349 e. The van der Waals surface area contributed by atoms with E-state index in [2.05, 4.69) is 31.2 Å². The summed E-state index contributed by atoms with van der Waals surface area (Å²) < 4.78 is 15.2. The molecule has 5 heteroatoms. The number of nitrogens with one attached hydrogen (secondary N) is 1. The molecule has 1 amide bonds. The van der Waals surface area contributed by atoms with Crippen LogP contribution in [0, 0.1) is 11.7 Å². The number of aromatic nitrogens is 2. The molecular formula is C22H26FN3O. The van der Waals surface area contributed by atoms with Crippen LogP contribution in [0.2, 0.25) is 0 Å². The lowest BCUT2D eigenvalue weighted by atomic mass is 10.0. The third-order valence-corrected chi connectivity index (χ3v) is 4.71. The van der Waals surface area contributed by atoms with Crippen molar-refractivity contribution in [1.82, 2.24) is 15.1 Å². The molecule has 0 aliphatic rings. The number of hydrogen-bond donors (Lipinski definition) is 1. The molecule has 142 valence electrons. The van der Waals surface area contributed by atoms with E-state index in [-0.39, 0.29) is 17.8 Å². The summed E-state index contributed by atoms with van der Waals surface area (Å²) in [6, 6.07) is 12.2. The lowest BCUT2D eigenvalue weighted by molar-refractivity contribution is 0.0931. The second-order valence-electron chi connectivity index (χ2n) is 7.41. The molecule has 0 bridgehead atoms. The lowest BCUT2D eigenvalue weighted by Gasteiger charge is -2.19. The Morgan fingerprint density at radius 2 is 2.04 bits per heavy atom. The fraction of sp³-hybridized carbons (Fsp3) is 0.364. The van der Waals surface area contributed by atoms with Crippen LogP contribution in [0.25, 0.3) is 10.9 Å². The van der Waals surface area contributed by atoms with Crippen molar-refractivity contribution in [1.29, 1.82) is 0 Å². The van der Waals surface area contributed by atoms with Gasteiger partial charge in [-0.2, -0.15) is 5.10 Å². The van der Waals surface area contributed by atoms with E-state index in [1.165, 1.54) is 12.1 Å². The van der Waals surface area contributed by atoms with Crippen molar-refractivity contribution in [2.45, 2.75) is 46.2 Å². The van der Waals surface area contributed by atoms with Crippen LogP contribution < -0.4 is 5.32 Å². The molecule has 1 N–H and O–H groups in total. The minimum absolute atomic E-state index is 0.0668. The molecule has 0 radical (unpaired) electrons. The average Bonchev–Trinajstić information content (AvgIpc) is 3.03. The molecule has 0 saturated carbocycles. The smallest absolute Gasteiger partial charge is 0.251 e. The summed E-state index contributed by atoms with van der Waals surface area (Å²) in [5.41, 5.74) is 2.31. The van der Waals surface area contributed by atoms with E-state index in [0.717, 1.165) is 29.3 Å². The fourth-order valence-electron chi connectivity index (χ4n) is 3.31. The van der Waals surface area contributed by atoms with Crippen molar-refractivity contribution >= 4 is 16.8 Å². The Hall–Kier alpha value is -2.69. The highest BCUT2D eigenvalue weighted by molar-refractivity contribution is 5.98. The predicted octanol–water partition coefficient (Wildman–Crippen LogP) is 4.78. The van der Waals surface area contributed by atoms with E-state index in [0.29, 0.717) is 18.0 Å². The maximum Gasteiger partial charge on any atom is 0.251 e. The molecule has 27 heavy (non-hydrogen) atoms. The average molecular weight is 367 g/mol. The zero-order valence-electron chi connectivity index (χ0n) is 16.1. The lowest BCUT2D eigenvalue weighted by Crippen LogP contribution is -2.35. The van der Waals surface area contributed by atoms with Gasteiger partial charge in [0.1, 0.15) is 5.82 Å². The number of nitrogens with zero attached hydrogens (tertiary/aromatic N) is 2. The van der Waals surface area contributed by atoms with Gasteiger partial charge in [0.05, 0.1) is 18.3 Å². The first-order valence-electron chi connectivity index (χ1n) is 9.47. The molecule has 0 saturated heterocycles. The Bertz CT molecular complexity index is 932. The maximum absolute atomic E-state index is 13.4. The first-order valence-corrected chi connectivity index (χ1v) is 9.47. The molecule has 1 atom stereocenters. The van der Waals surface area contributed by atoms with E-state index in [1.54, 1.807) is 16.9 Å². The second-order valence-corrected chi connectivity index (χ2v) is 7.41. The second kappa shape index (κ2) is 8.33. The Morgan fingerprint density at radius 3 is 2.74 bits per heavy atom. The van der Waals surface area contributed by atoms with E-state index in [9.17, 15) is 9.18 Å². The first-order chi connectivity index (χ1) is 13.0. The molecule has 1 aromatic heterocycles. The standard InChI is InChI=1S/C22H26FN3O/c1-4-20(10-15(2)3)25-22(27)17-8-9-18-13-24-26(21(18)12-17)14-16-6-5-7-19(23)11-16/h5-9,11-13,15,20H,4,10,14H2,1-3H3,(H,25,27). The first kappa shape index (κ1) is 19.1. The number of hydrogen-bond acceptors (Lipinski definition) is 2. The van der Waals surface area contributed by atoms with E-state index in [4.69, 9.17) is 0 Å². The van der Waals surface area contributed by atoms with Crippen LogP contribution >= 0.6 is 0 Å². The quantitative estimate of drug-likeness (QED) is 0.653. The van der Waals surface area contributed by atoms with Gasteiger partial charge in [-0.05, 0) is 48.6 Å². The van der Waals surface area contributed by atoms with Gasteiger partial charge in [0, 0.05) is 17.0 Å².